The Morgan fingerprint density at radius 2 is 2.00 bits per heavy atom. The lowest BCUT2D eigenvalue weighted by atomic mass is 10.1. The van der Waals surface area contributed by atoms with Crippen molar-refractivity contribution in [3.63, 3.8) is 0 Å². The van der Waals surface area contributed by atoms with E-state index in [4.69, 9.17) is 9.82 Å². The minimum atomic E-state index is -0.0758. The van der Waals surface area contributed by atoms with Crippen molar-refractivity contribution in [2.24, 2.45) is 0 Å². The number of thiazole rings is 1. The molecule has 1 aromatic carbocycles. The summed E-state index contributed by atoms with van der Waals surface area (Å²) in [6, 6.07) is 9.99. The number of nitrogens with one attached hydrogen (secondary N) is 1. The van der Waals surface area contributed by atoms with Gasteiger partial charge in [-0.2, -0.15) is 0 Å². The van der Waals surface area contributed by atoms with Gasteiger partial charge in [-0.1, -0.05) is 41.7 Å². The highest BCUT2D eigenvalue weighted by Gasteiger charge is 2.32. The van der Waals surface area contributed by atoms with E-state index in [0.717, 1.165) is 25.7 Å². The number of benzene rings is 1. The number of hydroxylamine groups is 1. The Bertz CT molecular complexity index is 1160. The monoisotopic (exact) mass is 355 g/mol. The van der Waals surface area contributed by atoms with Crippen molar-refractivity contribution in [3.05, 3.63) is 61.6 Å². The third-order valence-electron chi connectivity index (χ3n) is 4.46. The molecule has 5 nitrogen and oxygen atoms in total. The molecule has 1 unspecified atom stereocenters. The Hall–Kier alpha value is -2.22. The van der Waals surface area contributed by atoms with Crippen LogP contribution in [0.4, 0.5) is 0 Å². The van der Waals surface area contributed by atoms with Crippen LogP contribution in [0.25, 0.3) is 15.2 Å². The van der Waals surface area contributed by atoms with Gasteiger partial charge in [0, 0.05) is 4.88 Å². The fourth-order valence-corrected chi connectivity index (χ4v) is 5.28. The Morgan fingerprint density at radius 1 is 1.21 bits per heavy atom. The maximum Gasteiger partial charge on any atom is 0.270 e. The van der Waals surface area contributed by atoms with Gasteiger partial charge >= 0.3 is 0 Å². The zero-order valence-electron chi connectivity index (χ0n) is 13.0. The average Bonchev–Trinajstić information content (AvgIpc) is 3.21. The fraction of sp³-hybridized carbons (Fsp3) is 0.176. The minimum absolute atomic E-state index is 0.0511. The van der Waals surface area contributed by atoms with Crippen molar-refractivity contribution in [2.45, 2.75) is 19.9 Å². The predicted molar refractivity (Wildman–Crippen MR) is 96.2 cm³/mol. The van der Waals surface area contributed by atoms with Crippen LogP contribution >= 0.6 is 22.7 Å². The molecule has 0 fully saturated rings. The lowest BCUT2D eigenvalue weighted by Gasteiger charge is -2.08. The van der Waals surface area contributed by atoms with Crippen molar-refractivity contribution in [3.8, 4) is 5.88 Å². The Morgan fingerprint density at radius 3 is 2.79 bits per heavy atom. The summed E-state index contributed by atoms with van der Waals surface area (Å²) >= 11 is 3.08. The van der Waals surface area contributed by atoms with Gasteiger partial charge < -0.3 is 4.84 Å². The zero-order valence-corrected chi connectivity index (χ0v) is 14.6. The second-order valence-corrected chi connectivity index (χ2v) is 8.05. The summed E-state index contributed by atoms with van der Waals surface area (Å²) in [6.45, 7) is 4.00. The van der Waals surface area contributed by atoms with Gasteiger partial charge in [-0.05, 0) is 25.0 Å². The molecular formula is C17H13N3O2S2. The Balaban J connectivity index is 1.81. The predicted octanol–water partition coefficient (Wildman–Crippen LogP) is 3.57. The zero-order chi connectivity index (χ0) is 16.4. The summed E-state index contributed by atoms with van der Waals surface area (Å²) < 4.78 is 1.59. The van der Waals surface area contributed by atoms with Gasteiger partial charge in [0.1, 0.15) is 10.9 Å². The summed E-state index contributed by atoms with van der Waals surface area (Å²) in [4.78, 5) is 27.0. The molecule has 7 heteroatoms. The summed E-state index contributed by atoms with van der Waals surface area (Å²) in [7, 11) is 0. The minimum Gasteiger partial charge on any atom is -0.387 e. The largest absolute Gasteiger partial charge is 0.387 e. The Kier molecular flexibility index (Phi) is 2.88. The van der Waals surface area contributed by atoms with E-state index >= 15 is 0 Å². The highest BCUT2D eigenvalue weighted by atomic mass is 32.1. The normalized spacial score (nSPS) is 16.7. The lowest BCUT2D eigenvalue weighted by Crippen LogP contribution is -2.20. The van der Waals surface area contributed by atoms with E-state index in [2.05, 4.69) is 5.48 Å². The van der Waals surface area contributed by atoms with E-state index in [1.165, 1.54) is 11.3 Å². The van der Waals surface area contributed by atoms with Crippen molar-refractivity contribution in [1.82, 2.24) is 14.9 Å². The molecule has 0 aliphatic carbocycles. The first-order valence-electron chi connectivity index (χ1n) is 7.57. The SMILES string of the molecule is Cc1sc2nc3sc4c(n3c(=O)c2c1C)ONC4c1ccccc1. The van der Waals surface area contributed by atoms with Gasteiger partial charge in [0.05, 0.1) is 10.3 Å². The molecule has 0 bridgehead atoms. The molecule has 0 spiro atoms. The number of aryl methyl sites for hydroxylation is 2. The second kappa shape index (κ2) is 4.89. The number of hydrogen-bond donors (Lipinski definition) is 1. The lowest BCUT2D eigenvalue weighted by molar-refractivity contribution is 0.197. The van der Waals surface area contributed by atoms with Crippen LogP contribution in [-0.4, -0.2) is 9.38 Å². The highest BCUT2D eigenvalue weighted by Crippen LogP contribution is 2.41. The second-order valence-electron chi connectivity index (χ2n) is 5.83. The molecule has 0 saturated carbocycles. The molecule has 0 amide bonds. The number of aromatic nitrogens is 2. The van der Waals surface area contributed by atoms with Gasteiger partial charge in [0.25, 0.3) is 5.56 Å². The number of thiophene rings is 1. The van der Waals surface area contributed by atoms with Gasteiger partial charge in [-0.15, -0.1) is 16.8 Å². The molecule has 24 heavy (non-hydrogen) atoms. The molecule has 5 rings (SSSR count). The van der Waals surface area contributed by atoms with Crippen LogP contribution in [0.2, 0.25) is 0 Å². The van der Waals surface area contributed by atoms with Gasteiger partial charge in [-0.25, -0.2) is 9.38 Å². The Labute approximate surface area is 145 Å². The van der Waals surface area contributed by atoms with Crippen LogP contribution in [0, 0.1) is 13.8 Å². The smallest absolute Gasteiger partial charge is 0.270 e. The molecule has 0 radical (unpaired) electrons. The summed E-state index contributed by atoms with van der Waals surface area (Å²) in [5.41, 5.74) is 5.09. The summed E-state index contributed by atoms with van der Waals surface area (Å²) in [5, 5.41) is 0.697. The molecule has 0 saturated heterocycles. The number of hydrogen-bond acceptors (Lipinski definition) is 6. The van der Waals surface area contributed by atoms with E-state index < -0.39 is 0 Å². The number of nitrogens with zero attached hydrogens (tertiary/aromatic N) is 2. The molecule has 1 N–H and O–H groups in total. The molecule has 1 atom stereocenters. The van der Waals surface area contributed by atoms with Crippen molar-refractivity contribution in [2.75, 3.05) is 0 Å². The third-order valence-corrected chi connectivity index (χ3v) is 6.64. The topological polar surface area (TPSA) is 55.6 Å². The van der Waals surface area contributed by atoms with Crippen LogP contribution in [0.5, 0.6) is 5.88 Å². The first kappa shape index (κ1) is 14.2. The van der Waals surface area contributed by atoms with Crippen molar-refractivity contribution >= 4 is 37.9 Å². The van der Waals surface area contributed by atoms with E-state index in [1.807, 2.05) is 44.2 Å². The molecule has 3 aromatic heterocycles. The molecule has 4 heterocycles. The van der Waals surface area contributed by atoms with Crippen molar-refractivity contribution in [1.29, 1.82) is 0 Å². The van der Waals surface area contributed by atoms with Crippen LogP contribution in [-0.2, 0) is 0 Å². The molecular weight excluding hydrogens is 342 g/mol. The van der Waals surface area contributed by atoms with Crippen LogP contribution < -0.4 is 15.9 Å². The first-order chi connectivity index (χ1) is 11.6. The fourth-order valence-electron chi connectivity index (χ4n) is 3.09. The first-order valence-corrected chi connectivity index (χ1v) is 9.21. The van der Waals surface area contributed by atoms with E-state index in [9.17, 15) is 4.79 Å². The highest BCUT2D eigenvalue weighted by molar-refractivity contribution is 7.19. The number of rotatable bonds is 1. The van der Waals surface area contributed by atoms with E-state index in [0.29, 0.717) is 16.2 Å². The molecule has 1 aliphatic heterocycles. The van der Waals surface area contributed by atoms with Gasteiger partial charge in [0.2, 0.25) is 10.8 Å². The van der Waals surface area contributed by atoms with Crippen LogP contribution in [0.1, 0.15) is 26.9 Å². The summed E-state index contributed by atoms with van der Waals surface area (Å²) in [5.74, 6) is 0.562. The summed E-state index contributed by atoms with van der Waals surface area (Å²) in [6.07, 6.45) is 0. The number of fused-ring (bicyclic) bond motifs is 4. The van der Waals surface area contributed by atoms with Crippen molar-refractivity contribution < 1.29 is 4.84 Å². The third kappa shape index (κ3) is 1.77. The van der Waals surface area contributed by atoms with E-state index in [1.54, 1.807) is 15.7 Å². The molecule has 120 valence electrons. The maximum atomic E-state index is 13.0. The molecule has 1 aliphatic rings. The van der Waals surface area contributed by atoms with Gasteiger partial charge in [-0.3, -0.25) is 4.79 Å². The van der Waals surface area contributed by atoms with E-state index in [-0.39, 0.29) is 11.6 Å². The average molecular weight is 355 g/mol. The quantitative estimate of drug-likeness (QED) is 0.567. The van der Waals surface area contributed by atoms with Crippen LogP contribution in [0.3, 0.4) is 0 Å². The van der Waals surface area contributed by atoms with Crippen LogP contribution in [0.15, 0.2) is 35.1 Å². The maximum absolute atomic E-state index is 13.0. The standard InChI is InChI=1S/C17H13N3O2S2/c1-8-9(2)23-14-11(8)15(21)20-16-13(24-17(20)18-14)12(19-22-16)10-6-4-3-5-7-10/h3-7,12,19H,1-2H3. The van der Waals surface area contributed by atoms with Gasteiger partial charge in [0.15, 0.2) is 0 Å². The molecule has 4 aromatic rings.